The summed E-state index contributed by atoms with van der Waals surface area (Å²) in [7, 11) is 0. The van der Waals surface area contributed by atoms with E-state index in [1.54, 1.807) is 0 Å². The van der Waals surface area contributed by atoms with Gasteiger partial charge in [-0.1, -0.05) is 31.2 Å². The van der Waals surface area contributed by atoms with Gasteiger partial charge in [-0.2, -0.15) is 0 Å². The number of nitrogens with zero attached hydrogens (tertiary/aromatic N) is 1. The predicted octanol–water partition coefficient (Wildman–Crippen LogP) is 3.37. The van der Waals surface area contributed by atoms with Crippen LogP contribution in [0.1, 0.15) is 26.0 Å². The van der Waals surface area contributed by atoms with Crippen LogP contribution < -0.4 is 0 Å². The third-order valence-electron chi connectivity index (χ3n) is 3.22. The van der Waals surface area contributed by atoms with Crippen LogP contribution in [-0.4, -0.2) is 17.6 Å². The summed E-state index contributed by atoms with van der Waals surface area (Å²) in [5.74, 6) is -0.228. The van der Waals surface area contributed by atoms with Crippen LogP contribution in [0.2, 0.25) is 0 Å². The molecule has 0 spiro atoms. The zero-order valence-corrected chi connectivity index (χ0v) is 11.4. The van der Waals surface area contributed by atoms with Gasteiger partial charge in [-0.3, -0.25) is 9.78 Å². The minimum atomic E-state index is -0.125. The first-order valence-electron chi connectivity index (χ1n) is 6.76. The molecule has 1 atom stereocenters. The number of benzene rings is 1. The van der Waals surface area contributed by atoms with Gasteiger partial charge in [0.05, 0.1) is 18.0 Å². The van der Waals surface area contributed by atoms with Gasteiger partial charge in [-0.15, -0.1) is 0 Å². The standard InChI is InChI=1S/C16H19NO2/c1-3-12(16(18)19-4-2)11-14-10-9-13-7-5-6-8-15(13)17-14/h5-10,12H,3-4,11H2,1-2H3. The van der Waals surface area contributed by atoms with Gasteiger partial charge < -0.3 is 4.74 Å². The van der Waals surface area contributed by atoms with E-state index in [0.717, 1.165) is 23.0 Å². The Labute approximate surface area is 113 Å². The van der Waals surface area contributed by atoms with Crippen LogP contribution in [0.25, 0.3) is 10.9 Å². The second kappa shape index (κ2) is 6.32. The quantitative estimate of drug-likeness (QED) is 0.771. The molecule has 1 heterocycles. The molecule has 0 fully saturated rings. The van der Waals surface area contributed by atoms with Crippen molar-refractivity contribution in [2.75, 3.05) is 6.61 Å². The summed E-state index contributed by atoms with van der Waals surface area (Å²) in [6.45, 7) is 4.27. The summed E-state index contributed by atoms with van der Waals surface area (Å²) >= 11 is 0. The SMILES string of the molecule is CCOC(=O)C(CC)Cc1ccc2ccccc2n1. The smallest absolute Gasteiger partial charge is 0.309 e. The predicted molar refractivity (Wildman–Crippen MR) is 75.9 cm³/mol. The Morgan fingerprint density at radius 1 is 1.21 bits per heavy atom. The van der Waals surface area contributed by atoms with E-state index in [2.05, 4.69) is 11.1 Å². The van der Waals surface area contributed by atoms with Crippen LogP contribution in [0.5, 0.6) is 0 Å². The summed E-state index contributed by atoms with van der Waals surface area (Å²) in [6.07, 6.45) is 1.41. The largest absolute Gasteiger partial charge is 0.466 e. The molecule has 3 nitrogen and oxygen atoms in total. The summed E-state index contributed by atoms with van der Waals surface area (Å²) in [4.78, 5) is 16.4. The maximum Gasteiger partial charge on any atom is 0.309 e. The highest BCUT2D eigenvalue weighted by atomic mass is 16.5. The minimum Gasteiger partial charge on any atom is -0.466 e. The molecule has 0 amide bonds. The number of esters is 1. The van der Waals surface area contributed by atoms with Crippen LogP contribution in [0.4, 0.5) is 0 Å². The average molecular weight is 257 g/mol. The fourth-order valence-corrected chi connectivity index (χ4v) is 2.13. The lowest BCUT2D eigenvalue weighted by Gasteiger charge is -2.13. The number of hydrogen-bond donors (Lipinski definition) is 0. The highest BCUT2D eigenvalue weighted by molar-refractivity contribution is 5.78. The molecule has 100 valence electrons. The van der Waals surface area contributed by atoms with Crippen molar-refractivity contribution in [3.05, 3.63) is 42.1 Å². The van der Waals surface area contributed by atoms with Crippen molar-refractivity contribution >= 4 is 16.9 Å². The number of fused-ring (bicyclic) bond motifs is 1. The number of rotatable bonds is 5. The van der Waals surface area contributed by atoms with E-state index in [1.165, 1.54) is 0 Å². The number of carbonyl (C=O) groups is 1. The highest BCUT2D eigenvalue weighted by Crippen LogP contribution is 2.16. The van der Waals surface area contributed by atoms with E-state index in [9.17, 15) is 4.79 Å². The minimum absolute atomic E-state index is 0.103. The van der Waals surface area contributed by atoms with Crippen molar-refractivity contribution in [1.29, 1.82) is 0 Å². The van der Waals surface area contributed by atoms with E-state index in [4.69, 9.17) is 4.74 Å². The van der Waals surface area contributed by atoms with E-state index < -0.39 is 0 Å². The van der Waals surface area contributed by atoms with Gasteiger partial charge in [-0.05, 0) is 25.5 Å². The molecular weight excluding hydrogens is 238 g/mol. The maximum atomic E-state index is 11.8. The number of ether oxygens (including phenoxy) is 1. The van der Waals surface area contributed by atoms with Gasteiger partial charge in [-0.25, -0.2) is 0 Å². The van der Waals surface area contributed by atoms with Crippen LogP contribution in [-0.2, 0) is 16.0 Å². The van der Waals surface area contributed by atoms with Crippen molar-refractivity contribution in [3.63, 3.8) is 0 Å². The molecule has 0 saturated carbocycles. The van der Waals surface area contributed by atoms with Crippen LogP contribution in [0.3, 0.4) is 0 Å². The fourth-order valence-electron chi connectivity index (χ4n) is 2.13. The Balaban J connectivity index is 2.17. The molecular formula is C16H19NO2. The van der Waals surface area contributed by atoms with E-state index in [0.29, 0.717) is 13.0 Å². The topological polar surface area (TPSA) is 39.2 Å². The molecule has 0 radical (unpaired) electrons. The lowest BCUT2D eigenvalue weighted by Crippen LogP contribution is -2.19. The molecule has 19 heavy (non-hydrogen) atoms. The van der Waals surface area contributed by atoms with Crippen LogP contribution in [0.15, 0.2) is 36.4 Å². The van der Waals surface area contributed by atoms with Crippen molar-refractivity contribution in [2.24, 2.45) is 5.92 Å². The van der Waals surface area contributed by atoms with E-state index in [1.807, 2.05) is 44.2 Å². The lowest BCUT2D eigenvalue weighted by atomic mass is 10.00. The summed E-state index contributed by atoms with van der Waals surface area (Å²) in [5, 5.41) is 1.12. The zero-order valence-electron chi connectivity index (χ0n) is 11.4. The molecule has 2 rings (SSSR count). The molecule has 2 aromatic rings. The second-order valence-electron chi connectivity index (χ2n) is 4.56. The Morgan fingerprint density at radius 3 is 2.74 bits per heavy atom. The summed E-state index contributed by atoms with van der Waals surface area (Å²) in [6, 6.07) is 12.0. The Bertz CT molecular complexity index is 565. The maximum absolute atomic E-state index is 11.8. The Hall–Kier alpha value is -1.90. The number of aromatic nitrogens is 1. The molecule has 3 heteroatoms. The number of pyridine rings is 1. The number of para-hydroxylation sites is 1. The molecule has 0 aliphatic rings. The van der Waals surface area contributed by atoms with Crippen molar-refractivity contribution in [3.8, 4) is 0 Å². The molecule has 0 N–H and O–H groups in total. The lowest BCUT2D eigenvalue weighted by molar-refractivity contribution is -0.148. The van der Waals surface area contributed by atoms with Crippen LogP contribution >= 0.6 is 0 Å². The molecule has 0 aliphatic carbocycles. The monoisotopic (exact) mass is 257 g/mol. The first-order valence-corrected chi connectivity index (χ1v) is 6.76. The first kappa shape index (κ1) is 13.5. The van der Waals surface area contributed by atoms with Crippen molar-refractivity contribution < 1.29 is 9.53 Å². The molecule has 0 saturated heterocycles. The first-order chi connectivity index (χ1) is 9.24. The third-order valence-corrected chi connectivity index (χ3v) is 3.22. The number of carbonyl (C=O) groups excluding carboxylic acids is 1. The fraction of sp³-hybridized carbons (Fsp3) is 0.375. The van der Waals surface area contributed by atoms with Crippen molar-refractivity contribution in [2.45, 2.75) is 26.7 Å². The van der Waals surface area contributed by atoms with Gasteiger partial charge >= 0.3 is 5.97 Å². The van der Waals surface area contributed by atoms with Gasteiger partial charge in [0.15, 0.2) is 0 Å². The molecule has 0 aliphatic heterocycles. The Morgan fingerprint density at radius 2 is 2.00 bits per heavy atom. The van der Waals surface area contributed by atoms with Crippen molar-refractivity contribution in [1.82, 2.24) is 4.98 Å². The Kier molecular flexibility index (Phi) is 4.50. The second-order valence-corrected chi connectivity index (χ2v) is 4.56. The van der Waals surface area contributed by atoms with Gasteiger partial charge in [0.1, 0.15) is 0 Å². The summed E-state index contributed by atoms with van der Waals surface area (Å²) in [5.41, 5.74) is 1.91. The number of hydrogen-bond acceptors (Lipinski definition) is 3. The van der Waals surface area contributed by atoms with E-state index >= 15 is 0 Å². The molecule has 1 unspecified atom stereocenters. The highest BCUT2D eigenvalue weighted by Gasteiger charge is 2.18. The van der Waals surface area contributed by atoms with E-state index in [-0.39, 0.29) is 11.9 Å². The molecule has 1 aromatic carbocycles. The molecule has 0 bridgehead atoms. The van der Waals surface area contributed by atoms with Crippen LogP contribution in [0, 0.1) is 5.92 Å². The van der Waals surface area contributed by atoms with Gasteiger partial charge in [0, 0.05) is 17.5 Å². The molecule has 1 aromatic heterocycles. The normalized spacial score (nSPS) is 12.3. The van der Waals surface area contributed by atoms with Gasteiger partial charge in [0.2, 0.25) is 0 Å². The average Bonchev–Trinajstić information content (AvgIpc) is 2.44. The van der Waals surface area contributed by atoms with Gasteiger partial charge in [0.25, 0.3) is 0 Å². The summed E-state index contributed by atoms with van der Waals surface area (Å²) < 4.78 is 5.09. The zero-order chi connectivity index (χ0) is 13.7. The third kappa shape index (κ3) is 3.31.